The Bertz CT molecular complexity index is 869. The molecule has 2 N–H and O–H groups in total. The minimum atomic E-state index is -0.896. The third-order valence-corrected chi connectivity index (χ3v) is 5.26. The molecule has 5 nitrogen and oxygen atoms in total. The molecular formula is C19H22N2O3S. The molecule has 0 amide bonds. The van der Waals surface area contributed by atoms with Crippen LogP contribution in [0, 0.1) is 0 Å². The van der Waals surface area contributed by atoms with Crippen LogP contribution in [0.4, 0.5) is 0 Å². The van der Waals surface area contributed by atoms with Crippen molar-refractivity contribution in [1.82, 2.24) is 9.88 Å². The fourth-order valence-electron chi connectivity index (χ4n) is 3.16. The van der Waals surface area contributed by atoms with E-state index in [2.05, 4.69) is 16.8 Å². The van der Waals surface area contributed by atoms with Crippen molar-refractivity contribution in [1.29, 1.82) is 0 Å². The van der Waals surface area contributed by atoms with E-state index in [1.54, 1.807) is 18.4 Å². The lowest BCUT2D eigenvalue weighted by Crippen LogP contribution is -2.19. The van der Waals surface area contributed by atoms with Gasteiger partial charge in [0, 0.05) is 41.5 Å². The number of rotatable bonds is 8. The van der Waals surface area contributed by atoms with Crippen molar-refractivity contribution < 1.29 is 14.6 Å². The average Bonchev–Trinajstić information content (AvgIpc) is 3.23. The lowest BCUT2D eigenvalue weighted by Gasteiger charge is -2.07. The molecule has 0 unspecified atom stereocenters. The average molecular weight is 358 g/mol. The molecule has 0 fully saturated rings. The number of carbonyl (C=O) groups is 1. The Labute approximate surface area is 150 Å². The molecule has 0 aliphatic heterocycles. The van der Waals surface area contributed by atoms with Crippen LogP contribution in [0.2, 0.25) is 0 Å². The topological polar surface area (TPSA) is 63.5 Å². The molecule has 6 heteroatoms. The van der Waals surface area contributed by atoms with Gasteiger partial charge in [-0.2, -0.15) is 0 Å². The number of benzene rings is 1. The first-order chi connectivity index (χ1) is 12.2. The van der Waals surface area contributed by atoms with E-state index in [0.717, 1.165) is 35.2 Å². The lowest BCUT2D eigenvalue weighted by atomic mass is 10.1. The molecular weight excluding hydrogens is 336 g/mol. The summed E-state index contributed by atoms with van der Waals surface area (Å²) in [5, 5.41) is 16.2. The fraction of sp³-hybridized carbons (Fsp3) is 0.316. The van der Waals surface area contributed by atoms with Crippen LogP contribution in [0.25, 0.3) is 10.9 Å². The van der Waals surface area contributed by atoms with Gasteiger partial charge in [-0.3, -0.25) is 0 Å². The van der Waals surface area contributed by atoms with Crippen molar-refractivity contribution in [2.75, 3.05) is 13.7 Å². The summed E-state index contributed by atoms with van der Waals surface area (Å²) in [6.45, 7) is 3.90. The van der Waals surface area contributed by atoms with E-state index >= 15 is 0 Å². The highest BCUT2D eigenvalue weighted by Crippen LogP contribution is 2.29. The molecule has 25 heavy (non-hydrogen) atoms. The number of hydrogen-bond acceptors (Lipinski definition) is 4. The number of carboxylic acids is 1. The van der Waals surface area contributed by atoms with Crippen LogP contribution in [0.3, 0.4) is 0 Å². The van der Waals surface area contributed by atoms with Crippen molar-refractivity contribution >= 4 is 28.2 Å². The van der Waals surface area contributed by atoms with Crippen molar-refractivity contribution in [2.45, 2.75) is 26.4 Å². The Kier molecular flexibility index (Phi) is 5.40. The van der Waals surface area contributed by atoms with E-state index in [4.69, 9.17) is 4.74 Å². The zero-order valence-electron chi connectivity index (χ0n) is 14.4. The molecule has 2 aromatic heterocycles. The summed E-state index contributed by atoms with van der Waals surface area (Å²) in [6, 6.07) is 9.89. The van der Waals surface area contributed by atoms with E-state index in [9.17, 15) is 9.90 Å². The number of fused-ring (bicyclic) bond motifs is 1. The van der Waals surface area contributed by atoms with Gasteiger partial charge in [0.15, 0.2) is 0 Å². The highest BCUT2D eigenvalue weighted by atomic mass is 32.1. The summed E-state index contributed by atoms with van der Waals surface area (Å²) in [4.78, 5) is 13.2. The van der Waals surface area contributed by atoms with Gasteiger partial charge in [-0.25, -0.2) is 4.79 Å². The molecule has 0 bridgehead atoms. The standard InChI is InChI=1S/C19H22N2O3S/c1-3-21-17-11-13(24-2)6-7-15(17)16(18(21)19(22)23)12-20-9-8-14-5-4-10-25-14/h4-7,10-11,20H,3,8-9,12H2,1-2H3,(H,22,23). The third kappa shape index (κ3) is 3.55. The van der Waals surface area contributed by atoms with Crippen LogP contribution < -0.4 is 10.1 Å². The highest BCUT2D eigenvalue weighted by Gasteiger charge is 2.21. The summed E-state index contributed by atoms with van der Waals surface area (Å²) < 4.78 is 7.14. The predicted molar refractivity (Wildman–Crippen MR) is 101 cm³/mol. The van der Waals surface area contributed by atoms with Gasteiger partial charge in [0.1, 0.15) is 11.4 Å². The number of methoxy groups -OCH3 is 1. The first-order valence-corrected chi connectivity index (χ1v) is 9.19. The van der Waals surface area contributed by atoms with Crippen LogP contribution in [0.1, 0.15) is 27.9 Å². The Hall–Kier alpha value is -2.31. The highest BCUT2D eigenvalue weighted by molar-refractivity contribution is 7.09. The second-order valence-electron chi connectivity index (χ2n) is 5.77. The summed E-state index contributed by atoms with van der Waals surface area (Å²) >= 11 is 1.74. The van der Waals surface area contributed by atoms with Gasteiger partial charge >= 0.3 is 5.97 Å². The molecule has 0 spiro atoms. The van der Waals surface area contributed by atoms with Crippen LogP contribution >= 0.6 is 11.3 Å². The van der Waals surface area contributed by atoms with E-state index in [1.807, 2.05) is 35.8 Å². The molecule has 3 aromatic rings. The minimum Gasteiger partial charge on any atom is -0.497 e. The molecule has 0 aliphatic rings. The normalized spacial score (nSPS) is 11.1. The van der Waals surface area contributed by atoms with Crippen molar-refractivity contribution in [2.24, 2.45) is 0 Å². The van der Waals surface area contributed by atoms with Gasteiger partial charge < -0.3 is 19.7 Å². The van der Waals surface area contributed by atoms with E-state index in [-0.39, 0.29) is 0 Å². The SMILES string of the molecule is CCn1c(C(=O)O)c(CNCCc2cccs2)c2ccc(OC)cc21. The Morgan fingerprint density at radius 1 is 1.36 bits per heavy atom. The Balaban J connectivity index is 1.89. The van der Waals surface area contributed by atoms with Crippen LogP contribution in [0.5, 0.6) is 5.75 Å². The zero-order chi connectivity index (χ0) is 17.8. The largest absolute Gasteiger partial charge is 0.497 e. The molecule has 0 saturated heterocycles. The molecule has 0 aliphatic carbocycles. The number of aromatic carboxylic acids is 1. The smallest absolute Gasteiger partial charge is 0.352 e. The van der Waals surface area contributed by atoms with Gasteiger partial charge in [-0.15, -0.1) is 11.3 Å². The van der Waals surface area contributed by atoms with Crippen LogP contribution in [-0.4, -0.2) is 29.3 Å². The molecule has 0 atom stereocenters. The number of nitrogens with one attached hydrogen (secondary N) is 1. The van der Waals surface area contributed by atoms with E-state index in [1.165, 1.54) is 4.88 Å². The summed E-state index contributed by atoms with van der Waals surface area (Å²) in [5.74, 6) is -0.166. The van der Waals surface area contributed by atoms with Crippen LogP contribution in [-0.2, 0) is 19.5 Å². The van der Waals surface area contributed by atoms with Gasteiger partial charge in [0.05, 0.1) is 12.6 Å². The maximum atomic E-state index is 11.9. The molecule has 1 aromatic carbocycles. The Morgan fingerprint density at radius 2 is 2.20 bits per heavy atom. The third-order valence-electron chi connectivity index (χ3n) is 4.33. The predicted octanol–water partition coefficient (Wildman–Crippen LogP) is 3.76. The van der Waals surface area contributed by atoms with Gasteiger partial charge in [-0.1, -0.05) is 6.07 Å². The van der Waals surface area contributed by atoms with Crippen LogP contribution in [0.15, 0.2) is 35.7 Å². The number of thiophene rings is 1. The molecule has 132 valence electrons. The zero-order valence-corrected chi connectivity index (χ0v) is 15.2. The minimum absolute atomic E-state index is 0.356. The fourth-order valence-corrected chi connectivity index (χ4v) is 3.87. The Morgan fingerprint density at radius 3 is 2.84 bits per heavy atom. The first kappa shape index (κ1) is 17.5. The maximum absolute atomic E-state index is 11.9. The first-order valence-electron chi connectivity index (χ1n) is 8.31. The number of ether oxygens (including phenoxy) is 1. The van der Waals surface area contributed by atoms with Gasteiger partial charge in [-0.05, 0) is 36.9 Å². The number of aromatic nitrogens is 1. The summed E-state index contributed by atoms with van der Waals surface area (Å²) in [6.07, 6.45) is 0.945. The quantitative estimate of drug-likeness (QED) is 0.602. The monoisotopic (exact) mass is 358 g/mol. The summed E-state index contributed by atoms with van der Waals surface area (Å²) in [5.41, 5.74) is 2.09. The molecule has 2 heterocycles. The van der Waals surface area contributed by atoms with Crippen molar-refractivity contribution in [3.8, 4) is 5.75 Å². The maximum Gasteiger partial charge on any atom is 0.352 e. The van der Waals surface area contributed by atoms with Gasteiger partial charge in [0.25, 0.3) is 0 Å². The van der Waals surface area contributed by atoms with Gasteiger partial charge in [0.2, 0.25) is 0 Å². The summed E-state index contributed by atoms with van der Waals surface area (Å²) in [7, 11) is 1.62. The second kappa shape index (κ2) is 7.72. The number of carboxylic acid groups (broad SMARTS) is 1. The van der Waals surface area contributed by atoms with E-state index < -0.39 is 5.97 Å². The van der Waals surface area contributed by atoms with Crippen molar-refractivity contribution in [3.63, 3.8) is 0 Å². The number of aryl methyl sites for hydroxylation is 1. The number of hydrogen-bond donors (Lipinski definition) is 2. The van der Waals surface area contributed by atoms with Crippen molar-refractivity contribution in [3.05, 3.63) is 51.8 Å². The number of nitrogens with zero attached hydrogens (tertiary/aromatic N) is 1. The lowest BCUT2D eigenvalue weighted by molar-refractivity contribution is 0.0684. The molecule has 0 radical (unpaired) electrons. The van der Waals surface area contributed by atoms with E-state index in [0.29, 0.717) is 18.8 Å². The molecule has 3 rings (SSSR count). The molecule has 0 saturated carbocycles. The second-order valence-corrected chi connectivity index (χ2v) is 6.80.